The van der Waals surface area contributed by atoms with Crippen molar-refractivity contribution in [3.63, 3.8) is 0 Å². The normalized spacial score (nSPS) is 17.5. The van der Waals surface area contributed by atoms with Crippen LogP contribution >= 0.6 is 11.6 Å². The van der Waals surface area contributed by atoms with Crippen LogP contribution in [0.25, 0.3) is 0 Å². The Hall–Kier alpha value is -2.40. The molecule has 0 spiro atoms. The van der Waals surface area contributed by atoms with Crippen molar-refractivity contribution in [1.29, 1.82) is 0 Å². The minimum atomic E-state index is -0.744. The number of hydrogen-bond donors (Lipinski definition) is 1. The monoisotopic (exact) mass is 346 g/mol. The number of carbonyl (C=O) groups excluding carboxylic acids is 2. The number of amides is 2. The topological polar surface area (TPSA) is 49.4 Å². The summed E-state index contributed by atoms with van der Waals surface area (Å²) >= 11 is 5.95. The van der Waals surface area contributed by atoms with Crippen LogP contribution < -0.4 is 5.32 Å². The third kappa shape index (κ3) is 3.57. The molecule has 1 aliphatic rings. The summed E-state index contributed by atoms with van der Waals surface area (Å²) in [6.45, 7) is 0.811. The van der Waals surface area contributed by atoms with Gasteiger partial charge in [0.1, 0.15) is 11.9 Å². The zero-order valence-electron chi connectivity index (χ0n) is 12.8. The Kier molecular flexibility index (Phi) is 4.81. The lowest BCUT2D eigenvalue weighted by Crippen LogP contribution is -2.52. The molecule has 2 aromatic carbocycles. The van der Waals surface area contributed by atoms with Gasteiger partial charge < -0.3 is 10.2 Å². The van der Waals surface area contributed by atoms with E-state index >= 15 is 0 Å². The van der Waals surface area contributed by atoms with Crippen molar-refractivity contribution in [2.24, 2.45) is 0 Å². The number of nitrogens with zero attached hydrogens (tertiary/aromatic N) is 1. The van der Waals surface area contributed by atoms with Gasteiger partial charge in [-0.3, -0.25) is 9.59 Å². The van der Waals surface area contributed by atoms with Gasteiger partial charge in [0.15, 0.2) is 0 Å². The van der Waals surface area contributed by atoms with E-state index in [9.17, 15) is 14.0 Å². The highest BCUT2D eigenvalue weighted by Gasteiger charge is 2.34. The molecule has 1 saturated heterocycles. The predicted molar refractivity (Wildman–Crippen MR) is 89.0 cm³/mol. The van der Waals surface area contributed by atoms with Gasteiger partial charge in [-0.15, -0.1) is 0 Å². The third-order valence-electron chi connectivity index (χ3n) is 3.96. The van der Waals surface area contributed by atoms with E-state index in [1.165, 1.54) is 29.2 Å². The van der Waals surface area contributed by atoms with Crippen molar-refractivity contribution in [3.05, 3.63) is 70.5 Å². The van der Waals surface area contributed by atoms with Crippen LogP contribution in [0.2, 0.25) is 5.02 Å². The van der Waals surface area contributed by atoms with E-state index in [1.54, 1.807) is 18.2 Å². The van der Waals surface area contributed by atoms with E-state index < -0.39 is 6.04 Å². The number of piperazine rings is 1. The summed E-state index contributed by atoms with van der Waals surface area (Å²) < 4.78 is 13.1. The highest BCUT2D eigenvalue weighted by atomic mass is 35.5. The smallest absolute Gasteiger partial charge is 0.247 e. The molecule has 1 aliphatic heterocycles. The molecule has 0 bridgehead atoms. The lowest BCUT2D eigenvalue weighted by molar-refractivity contribution is -0.143. The van der Waals surface area contributed by atoms with Gasteiger partial charge in [0.25, 0.3) is 0 Å². The summed E-state index contributed by atoms with van der Waals surface area (Å²) in [4.78, 5) is 26.5. The van der Waals surface area contributed by atoms with Crippen LogP contribution in [0.4, 0.5) is 4.39 Å². The molecule has 0 aliphatic carbocycles. The van der Waals surface area contributed by atoms with Gasteiger partial charge in [0, 0.05) is 18.1 Å². The molecular weight excluding hydrogens is 331 g/mol. The van der Waals surface area contributed by atoms with Crippen molar-refractivity contribution in [2.45, 2.75) is 12.5 Å². The second-order valence-electron chi connectivity index (χ2n) is 5.64. The van der Waals surface area contributed by atoms with Gasteiger partial charge in [0.05, 0.1) is 6.42 Å². The van der Waals surface area contributed by atoms with Crippen LogP contribution in [0.3, 0.4) is 0 Å². The second-order valence-corrected chi connectivity index (χ2v) is 6.08. The molecule has 1 unspecified atom stereocenters. The van der Waals surface area contributed by atoms with Crippen molar-refractivity contribution in [2.75, 3.05) is 13.1 Å². The van der Waals surface area contributed by atoms with Crippen molar-refractivity contribution in [3.8, 4) is 0 Å². The first-order valence-electron chi connectivity index (χ1n) is 7.61. The number of nitrogens with one attached hydrogen (secondary N) is 1. The minimum Gasteiger partial charge on any atom is -0.352 e. The Labute approximate surface area is 144 Å². The van der Waals surface area contributed by atoms with Crippen LogP contribution in [-0.4, -0.2) is 29.8 Å². The summed E-state index contributed by atoms with van der Waals surface area (Å²) in [5.74, 6) is -0.805. The zero-order chi connectivity index (χ0) is 17.1. The van der Waals surface area contributed by atoms with Gasteiger partial charge in [0.2, 0.25) is 11.8 Å². The Bertz CT molecular complexity index is 764. The van der Waals surface area contributed by atoms with Crippen LogP contribution in [0.1, 0.15) is 17.2 Å². The molecule has 124 valence electrons. The van der Waals surface area contributed by atoms with Gasteiger partial charge in [-0.25, -0.2) is 4.39 Å². The predicted octanol–water partition coefficient (Wildman–Crippen LogP) is 2.72. The summed E-state index contributed by atoms with van der Waals surface area (Å²) in [5, 5.41) is 3.32. The lowest BCUT2D eigenvalue weighted by Gasteiger charge is -2.35. The number of rotatable bonds is 3. The summed E-state index contributed by atoms with van der Waals surface area (Å²) in [6, 6.07) is 12.0. The van der Waals surface area contributed by atoms with E-state index in [-0.39, 0.29) is 24.1 Å². The molecule has 1 N–H and O–H groups in total. The van der Waals surface area contributed by atoms with E-state index in [4.69, 9.17) is 11.6 Å². The fraction of sp³-hybridized carbons (Fsp3) is 0.222. The number of carbonyl (C=O) groups is 2. The van der Waals surface area contributed by atoms with E-state index in [0.29, 0.717) is 23.7 Å². The quantitative estimate of drug-likeness (QED) is 0.929. The fourth-order valence-electron chi connectivity index (χ4n) is 2.84. The van der Waals surface area contributed by atoms with Gasteiger partial charge >= 0.3 is 0 Å². The first kappa shape index (κ1) is 16.5. The van der Waals surface area contributed by atoms with Crippen LogP contribution in [0, 0.1) is 5.82 Å². The largest absolute Gasteiger partial charge is 0.352 e. The standard InChI is InChI=1S/C18H16ClFN2O2/c19-14-3-1-2-12(10-14)11-16(23)22-9-8-21-18(24)17(22)13-4-6-15(20)7-5-13/h1-7,10,17H,8-9,11H2,(H,21,24). The Balaban J connectivity index is 1.84. The molecular formula is C18H16ClFN2O2. The zero-order valence-corrected chi connectivity index (χ0v) is 13.6. The van der Waals surface area contributed by atoms with E-state index in [1.807, 2.05) is 6.07 Å². The maximum Gasteiger partial charge on any atom is 0.247 e. The van der Waals surface area contributed by atoms with Gasteiger partial charge in [-0.2, -0.15) is 0 Å². The van der Waals surface area contributed by atoms with Crippen LogP contribution in [-0.2, 0) is 16.0 Å². The fourth-order valence-corrected chi connectivity index (χ4v) is 3.05. The Morgan fingerprint density at radius 2 is 2.00 bits per heavy atom. The third-order valence-corrected chi connectivity index (χ3v) is 4.20. The molecule has 0 saturated carbocycles. The molecule has 1 heterocycles. The van der Waals surface area contributed by atoms with Crippen molar-refractivity contribution < 1.29 is 14.0 Å². The lowest BCUT2D eigenvalue weighted by atomic mass is 10.0. The molecule has 3 rings (SSSR count). The molecule has 0 aromatic heterocycles. The Morgan fingerprint density at radius 1 is 1.25 bits per heavy atom. The summed E-state index contributed by atoms with van der Waals surface area (Å²) in [6.07, 6.45) is 0.158. The minimum absolute atomic E-state index is 0.158. The molecule has 6 heteroatoms. The van der Waals surface area contributed by atoms with E-state index in [2.05, 4.69) is 5.32 Å². The maximum atomic E-state index is 13.1. The number of hydrogen-bond acceptors (Lipinski definition) is 2. The summed E-state index contributed by atoms with van der Waals surface area (Å²) in [5.41, 5.74) is 1.38. The molecule has 1 fully saturated rings. The van der Waals surface area contributed by atoms with Gasteiger partial charge in [-0.1, -0.05) is 35.9 Å². The second kappa shape index (κ2) is 7.01. The first-order chi connectivity index (χ1) is 11.5. The van der Waals surface area contributed by atoms with Crippen LogP contribution in [0.5, 0.6) is 0 Å². The van der Waals surface area contributed by atoms with Crippen LogP contribution in [0.15, 0.2) is 48.5 Å². The highest BCUT2D eigenvalue weighted by Crippen LogP contribution is 2.25. The molecule has 4 nitrogen and oxygen atoms in total. The molecule has 2 aromatic rings. The average molecular weight is 347 g/mol. The molecule has 2 amide bonds. The number of halogens is 2. The molecule has 1 atom stereocenters. The number of benzene rings is 2. The molecule has 24 heavy (non-hydrogen) atoms. The van der Waals surface area contributed by atoms with Crippen molar-refractivity contribution in [1.82, 2.24) is 10.2 Å². The maximum absolute atomic E-state index is 13.1. The molecule has 0 radical (unpaired) electrons. The SMILES string of the molecule is O=C1NCCN(C(=O)Cc2cccc(Cl)c2)C1c1ccc(F)cc1. The Morgan fingerprint density at radius 3 is 2.71 bits per heavy atom. The van der Waals surface area contributed by atoms with Gasteiger partial charge in [-0.05, 0) is 35.4 Å². The van der Waals surface area contributed by atoms with Crippen molar-refractivity contribution >= 4 is 23.4 Å². The van der Waals surface area contributed by atoms with E-state index in [0.717, 1.165) is 5.56 Å². The average Bonchev–Trinajstić information content (AvgIpc) is 2.55. The highest BCUT2D eigenvalue weighted by molar-refractivity contribution is 6.30. The first-order valence-corrected chi connectivity index (χ1v) is 7.99. The summed E-state index contributed by atoms with van der Waals surface area (Å²) in [7, 11) is 0.